The summed E-state index contributed by atoms with van der Waals surface area (Å²) in [6.07, 6.45) is 3.90. The summed E-state index contributed by atoms with van der Waals surface area (Å²) >= 11 is 8.11. The number of rotatable bonds is 10. The zero-order chi connectivity index (χ0) is 24.2. The lowest BCUT2D eigenvalue weighted by molar-refractivity contribution is -0.148. The Morgan fingerprint density at radius 2 is 2.24 bits per heavy atom. The maximum absolute atomic E-state index is 12.9. The van der Waals surface area contributed by atoms with E-state index in [0.717, 1.165) is 5.56 Å². The number of hydrogen-bond acceptors (Lipinski definition) is 10. The molecule has 2 aliphatic rings. The summed E-state index contributed by atoms with van der Waals surface area (Å²) < 4.78 is 1.44. The maximum Gasteiger partial charge on any atom is 0.352 e. The third-order valence-corrected chi connectivity index (χ3v) is 7.74. The van der Waals surface area contributed by atoms with Gasteiger partial charge in [0.2, 0.25) is 11.1 Å². The summed E-state index contributed by atoms with van der Waals surface area (Å²) in [7, 11) is 0. The number of tetrazole rings is 1. The number of aryl methyl sites for hydroxylation is 1. The van der Waals surface area contributed by atoms with Gasteiger partial charge in [0.25, 0.3) is 5.91 Å². The SMILES string of the molecule is NC(=O)CCn1nnnc1SCC1=C(C(=O)O)N2C(=O)C(NC(=S)Cc3cccnc3)[C@H]2SC1. The molecule has 1 unspecified atom stereocenters. The molecule has 12 nitrogen and oxygen atoms in total. The molecule has 0 aliphatic carbocycles. The van der Waals surface area contributed by atoms with Gasteiger partial charge in [-0.1, -0.05) is 30.0 Å². The van der Waals surface area contributed by atoms with E-state index in [0.29, 0.717) is 27.9 Å². The molecule has 0 saturated carbocycles. The van der Waals surface area contributed by atoms with Gasteiger partial charge in [0.05, 0.1) is 11.5 Å². The number of nitrogens with one attached hydrogen (secondary N) is 1. The van der Waals surface area contributed by atoms with E-state index in [1.165, 1.54) is 33.1 Å². The second kappa shape index (κ2) is 10.5. The van der Waals surface area contributed by atoms with Crippen molar-refractivity contribution in [2.24, 2.45) is 5.73 Å². The molecule has 15 heteroatoms. The lowest BCUT2D eigenvalue weighted by Crippen LogP contribution is -2.70. The van der Waals surface area contributed by atoms with E-state index in [1.54, 1.807) is 12.4 Å². The molecule has 34 heavy (non-hydrogen) atoms. The number of fused-ring (bicyclic) bond motifs is 1. The minimum Gasteiger partial charge on any atom is -0.477 e. The Balaban J connectivity index is 1.41. The fourth-order valence-corrected chi connectivity index (χ4v) is 6.20. The van der Waals surface area contributed by atoms with E-state index in [9.17, 15) is 19.5 Å². The molecular formula is C19H20N8O4S3. The average Bonchev–Trinajstić information content (AvgIpc) is 3.27. The number of carbonyl (C=O) groups is 3. The highest BCUT2D eigenvalue weighted by molar-refractivity contribution is 8.01. The first-order valence-corrected chi connectivity index (χ1v) is 12.5. The molecule has 0 aromatic carbocycles. The fourth-order valence-electron chi connectivity index (χ4n) is 3.51. The van der Waals surface area contributed by atoms with Crippen LogP contribution < -0.4 is 11.1 Å². The van der Waals surface area contributed by atoms with E-state index >= 15 is 0 Å². The first-order chi connectivity index (χ1) is 16.3. The normalized spacial score (nSPS) is 19.4. The zero-order valence-electron chi connectivity index (χ0n) is 17.7. The summed E-state index contributed by atoms with van der Waals surface area (Å²) in [5.74, 6) is -1.27. The monoisotopic (exact) mass is 520 g/mol. The standard InChI is InChI=1S/C19H20N8O4S3/c20-12(28)3-5-26-19(23-24-25-26)34-9-11-8-33-17-14(16(29)27(17)15(11)18(30)31)22-13(32)6-10-2-1-4-21-7-10/h1-2,4,7,14,17H,3,5-6,8-9H2,(H2,20,28)(H,22,32)(H,30,31)/t14?,17-/m1/s1. The summed E-state index contributed by atoms with van der Waals surface area (Å²) in [5.41, 5.74) is 6.66. The number of amides is 2. The highest BCUT2D eigenvalue weighted by Gasteiger charge is 2.53. The van der Waals surface area contributed by atoms with Gasteiger partial charge in [0, 0.05) is 36.7 Å². The minimum atomic E-state index is -1.17. The molecule has 4 N–H and O–H groups in total. The predicted molar refractivity (Wildman–Crippen MR) is 128 cm³/mol. The van der Waals surface area contributed by atoms with Crippen molar-refractivity contribution in [3.05, 3.63) is 41.4 Å². The predicted octanol–water partition coefficient (Wildman–Crippen LogP) is -0.182. The van der Waals surface area contributed by atoms with E-state index in [4.69, 9.17) is 18.0 Å². The molecule has 2 amide bonds. The Hall–Kier alpha value is -3.04. The summed E-state index contributed by atoms with van der Waals surface area (Å²) in [6, 6.07) is 3.12. The third kappa shape index (κ3) is 5.20. The Labute approximate surface area is 207 Å². The van der Waals surface area contributed by atoms with Crippen LogP contribution in [0.1, 0.15) is 12.0 Å². The summed E-state index contributed by atoms with van der Waals surface area (Å²) in [6.45, 7) is 0.225. The van der Waals surface area contributed by atoms with Gasteiger partial charge in [-0.05, 0) is 27.6 Å². The number of aromatic nitrogens is 5. The fraction of sp³-hybridized carbons (Fsp3) is 0.368. The molecule has 178 valence electrons. The van der Waals surface area contributed by atoms with Crippen molar-refractivity contribution in [2.75, 3.05) is 11.5 Å². The molecule has 2 aromatic heterocycles. The molecule has 1 fully saturated rings. The Bertz CT molecular complexity index is 1160. The number of thioether (sulfide) groups is 2. The second-order valence-electron chi connectivity index (χ2n) is 7.44. The van der Waals surface area contributed by atoms with Crippen molar-refractivity contribution in [1.82, 2.24) is 35.4 Å². The van der Waals surface area contributed by atoms with Gasteiger partial charge in [0.15, 0.2) is 0 Å². The largest absolute Gasteiger partial charge is 0.477 e. The average molecular weight is 521 g/mol. The molecule has 2 aliphatic heterocycles. The van der Waals surface area contributed by atoms with Crippen LogP contribution in [-0.2, 0) is 27.3 Å². The highest BCUT2D eigenvalue weighted by atomic mass is 32.2. The Kier molecular flexibility index (Phi) is 7.43. The Morgan fingerprint density at radius 1 is 1.41 bits per heavy atom. The number of pyridine rings is 1. The molecular weight excluding hydrogens is 500 g/mol. The van der Waals surface area contributed by atoms with Crippen LogP contribution in [0.25, 0.3) is 0 Å². The quantitative estimate of drug-likeness (QED) is 0.215. The van der Waals surface area contributed by atoms with Gasteiger partial charge in [0.1, 0.15) is 17.1 Å². The molecule has 2 atom stereocenters. The number of thiocarbonyl (C=S) groups is 1. The zero-order valence-corrected chi connectivity index (χ0v) is 20.1. The number of carbonyl (C=O) groups excluding carboxylic acids is 2. The van der Waals surface area contributed by atoms with Crippen molar-refractivity contribution in [3.8, 4) is 0 Å². The first-order valence-electron chi connectivity index (χ1n) is 10.1. The van der Waals surface area contributed by atoms with Gasteiger partial charge in [-0.25, -0.2) is 9.48 Å². The van der Waals surface area contributed by atoms with Crippen LogP contribution in [0.2, 0.25) is 0 Å². The lowest BCUT2D eigenvalue weighted by Gasteiger charge is -2.49. The van der Waals surface area contributed by atoms with Gasteiger partial charge < -0.3 is 16.2 Å². The third-order valence-electron chi connectivity index (χ3n) is 5.10. The molecule has 2 aromatic rings. The number of carboxylic acid groups (broad SMARTS) is 1. The molecule has 1 saturated heterocycles. The van der Waals surface area contributed by atoms with Crippen LogP contribution >= 0.6 is 35.7 Å². The number of primary amides is 1. The number of nitrogens with zero attached hydrogens (tertiary/aromatic N) is 6. The van der Waals surface area contributed by atoms with E-state index < -0.39 is 17.9 Å². The van der Waals surface area contributed by atoms with Crippen LogP contribution in [0.5, 0.6) is 0 Å². The van der Waals surface area contributed by atoms with E-state index in [2.05, 4.69) is 25.8 Å². The van der Waals surface area contributed by atoms with Crippen molar-refractivity contribution in [1.29, 1.82) is 0 Å². The van der Waals surface area contributed by atoms with Crippen LogP contribution in [0.3, 0.4) is 0 Å². The topological polar surface area (TPSA) is 169 Å². The molecule has 4 rings (SSSR count). The minimum absolute atomic E-state index is 0.0198. The second-order valence-corrected chi connectivity index (χ2v) is 9.98. The summed E-state index contributed by atoms with van der Waals surface area (Å²) in [5, 5.41) is 24.3. The maximum atomic E-state index is 12.9. The highest BCUT2D eigenvalue weighted by Crippen LogP contribution is 2.41. The van der Waals surface area contributed by atoms with Crippen LogP contribution in [-0.4, -0.2) is 80.9 Å². The van der Waals surface area contributed by atoms with Crippen LogP contribution in [0.4, 0.5) is 0 Å². The van der Waals surface area contributed by atoms with E-state index in [-0.39, 0.29) is 35.7 Å². The van der Waals surface area contributed by atoms with Crippen molar-refractivity contribution in [2.45, 2.75) is 36.0 Å². The van der Waals surface area contributed by atoms with Crippen molar-refractivity contribution >= 4 is 58.5 Å². The van der Waals surface area contributed by atoms with Gasteiger partial charge in [-0.3, -0.25) is 19.5 Å². The Morgan fingerprint density at radius 3 is 2.94 bits per heavy atom. The molecule has 0 bridgehead atoms. The lowest BCUT2D eigenvalue weighted by atomic mass is 10.0. The van der Waals surface area contributed by atoms with Crippen LogP contribution in [0.15, 0.2) is 41.0 Å². The molecule has 0 spiro atoms. The van der Waals surface area contributed by atoms with E-state index in [1.807, 2.05) is 12.1 Å². The first kappa shape index (κ1) is 24.1. The summed E-state index contributed by atoms with van der Waals surface area (Å²) in [4.78, 5) is 41.8. The van der Waals surface area contributed by atoms with Crippen molar-refractivity contribution in [3.63, 3.8) is 0 Å². The number of nitrogens with two attached hydrogens (primary N) is 1. The number of carboxylic acids is 1. The smallest absolute Gasteiger partial charge is 0.352 e. The van der Waals surface area contributed by atoms with Gasteiger partial charge in [-0.15, -0.1) is 16.9 Å². The number of β-lactam (4-membered cyclic amide) rings is 1. The molecule has 0 radical (unpaired) electrons. The van der Waals surface area contributed by atoms with Gasteiger partial charge in [-0.2, -0.15) is 0 Å². The van der Waals surface area contributed by atoms with Gasteiger partial charge >= 0.3 is 5.97 Å². The molecule has 4 heterocycles. The van der Waals surface area contributed by atoms with Crippen LogP contribution in [0, 0.1) is 0 Å². The van der Waals surface area contributed by atoms with Crippen molar-refractivity contribution < 1.29 is 19.5 Å². The number of aliphatic carboxylic acids is 1. The number of hydrogen-bond donors (Lipinski definition) is 3.